The zero-order valence-corrected chi connectivity index (χ0v) is 19.7. The normalized spacial score (nSPS) is 16.0. The molecule has 8 heteroatoms. The van der Waals surface area contributed by atoms with E-state index in [1.54, 1.807) is 0 Å². The predicted molar refractivity (Wildman–Crippen MR) is 127 cm³/mol. The fourth-order valence-corrected chi connectivity index (χ4v) is 5.86. The van der Waals surface area contributed by atoms with Crippen LogP contribution >= 0.6 is 0 Å². The Morgan fingerprint density at radius 3 is 2.53 bits per heavy atom. The third kappa shape index (κ3) is 5.13. The van der Waals surface area contributed by atoms with Crippen LogP contribution in [0.1, 0.15) is 36.1 Å². The summed E-state index contributed by atoms with van der Waals surface area (Å²) in [5.41, 5.74) is 2.68. The molecule has 0 aliphatic carbocycles. The summed E-state index contributed by atoms with van der Waals surface area (Å²) in [6.45, 7) is 2.92. The molecule has 0 saturated heterocycles. The number of ether oxygens (including phenoxy) is 1. The van der Waals surface area contributed by atoms with E-state index in [0.29, 0.717) is 18.8 Å². The Hall–Kier alpha value is -3.23. The number of para-hydroxylation sites is 1. The van der Waals surface area contributed by atoms with Crippen LogP contribution < -0.4 is 10.1 Å². The second-order valence-electron chi connectivity index (χ2n) is 8.06. The quantitative estimate of drug-likeness (QED) is 0.522. The van der Waals surface area contributed by atoms with Gasteiger partial charge in [-0.05, 0) is 54.8 Å². The minimum absolute atomic E-state index is 0.00401. The molecule has 1 atom stereocenters. The van der Waals surface area contributed by atoms with E-state index >= 15 is 0 Å². The Balaban J connectivity index is 1.57. The van der Waals surface area contributed by atoms with Crippen molar-refractivity contribution < 1.29 is 22.3 Å². The molecule has 0 spiro atoms. The number of nitrogens with one attached hydrogen (secondary N) is 1. The number of carbonyl (C=O) groups is 1. The summed E-state index contributed by atoms with van der Waals surface area (Å²) in [4.78, 5) is 13.0. The van der Waals surface area contributed by atoms with E-state index in [2.05, 4.69) is 5.32 Å². The molecule has 1 heterocycles. The standard InChI is InChI=1S/C26H27FN2O4S/c1-2-33-25-10-6-4-8-20(25)18-28-26(30)17-24-23-9-5-3-7-19(23)15-16-29(24)34(31,32)22-13-11-21(27)12-14-22/h3-14,24H,2,15-18H2,1H3,(H,28,30)/t24-/m0/s1. The number of fused-ring (bicyclic) bond motifs is 1. The summed E-state index contributed by atoms with van der Waals surface area (Å²) >= 11 is 0. The van der Waals surface area contributed by atoms with Gasteiger partial charge in [-0.2, -0.15) is 4.31 Å². The van der Waals surface area contributed by atoms with Crippen LogP contribution in [-0.2, 0) is 27.8 Å². The Morgan fingerprint density at radius 1 is 1.06 bits per heavy atom. The molecule has 0 radical (unpaired) electrons. The van der Waals surface area contributed by atoms with Gasteiger partial charge in [0.15, 0.2) is 0 Å². The Morgan fingerprint density at radius 2 is 1.76 bits per heavy atom. The fourth-order valence-electron chi connectivity index (χ4n) is 4.26. The first-order chi connectivity index (χ1) is 16.4. The van der Waals surface area contributed by atoms with Gasteiger partial charge in [0, 0.05) is 25.1 Å². The average Bonchev–Trinajstić information content (AvgIpc) is 2.84. The van der Waals surface area contributed by atoms with Gasteiger partial charge in [0.05, 0.1) is 17.5 Å². The van der Waals surface area contributed by atoms with Crippen molar-refractivity contribution in [2.24, 2.45) is 0 Å². The minimum Gasteiger partial charge on any atom is -0.494 e. The maximum absolute atomic E-state index is 13.5. The number of amides is 1. The van der Waals surface area contributed by atoms with Crippen molar-refractivity contribution in [2.45, 2.75) is 37.2 Å². The van der Waals surface area contributed by atoms with Crippen molar-refractivity contribution in [3.63, 3.8) is 0 Å². The first-order valence-corrected chi connectivity index (χ1v) is 12.7. The van der Waals surface area contributed by atoms with E-state index < -0.39 is 21.9 Å². The first kappa shape index (κ1) is 23.9. The third-order valence-electron chi connectivity index (χ3n) is 5.91. The second kappa shape index (κ2) is 10.4. The van der Waals surface area contributed by atoms with Crippen molar-refractivity contribution in [1.82, 2.24) is 9.62 Å². The molecule has 0 fully saturated rings. The summed E-state index contributed by atoms with van der Waals surface area (Å²) in [5.74, 6) is -0.0765. The molecule has 34 heavy (non-hydrogen) atoms. The van der Waals surface area contributed by atoms with E-state index in [1.807, 2.05) is 55.5 Å². The highest BCUT2D eigenvalue weighted by Gasteiger charge is 2.37. The lowest BCUT2D eigenvalue weighted by Gasteiger charge is -2.36. The summed E-state index contributed by atoms with van der Waals surface area (Å²) in [5, 5.41) is 2.91. The summed E-state index contributed by atoms with van der Waals surface area (Å²) < 4.78 is 47.3. The molecule has 0 aromatic heterocycles. The van der Waals surface area contributed by atoms with Crippen molar-refractivity contribution >= 4 is 15.9 Å². The molecular formula is C26H27FN2O4S. The zero-order valence-electron chi connectivity index (χ0n) is 18.9. The predicted octanol–water partition coefficient (Wildman–Crippen LogP) is 4.22. The lowest BCUT2D eigenvalue weighted by Crippen LogP contribution is -2.42. The monoisotopic (exact) mass is 482 g/mol. The lowest BCUT2D eigenvalue weighted by atomic mass is 9.92. The zero-order chi connectivity index (χ0) is 24.1. The van der Waals surface area contributed by atoms with Crippen molar-refractivity contribution in [2.75, 3.05) is 13.2 Å². The van der Waals surface area contributed by atoms with Gasteiger partial charge in [0.25, 0.3) is 0 Å². The second-order valence-corrected chi connectivity index (χ2v) is 9.95. The number of benzene rings is 3. The van der Waals surface area contributed by atoms with Crippen LogP contribution in [0.5, 0.6) is 5.75 Å². The van der Waals surface area contributed by atoms with E-state index in [0.717, 1.165) is 28.8 Å². The molecular weight excluding hydrogens is 455 g/mol. The molecule has 1 amide bonds. The third-order valence-corrected chi connectivity index (χ3v) is 7.83. The highest BCUT2D eigenvalue weighted by molar-refractivity contribution is 7.89. The van der Waals surface area contributed by atoms with Crippen LogP contribution in [0.2, 0.25) is 0 Å². The number of sulfonamides is 1. The molecule has 3 aromatic rings. The summed E-state index contributed by atoms with van der Waals surface area (Å²) in [6, 6.07) is 19.1. The van der Waals surface area contributed by atoms with Gasteiger partial charge in [-0.25, -0.2) is 12.8 Å². The van der Waals surface area contributed by atoms with E-state index in [1.165, 1.54) is 16.4 Å². The minimum atomic E-state index is -3.93. The summed E-state index contributed by atoms with van der Waals surface area (Å²) in [6.07, 6.45) is 0.505. The number of rotatable bonds is 8. The Kier molecular flexibility index (Phi) is 7.29. The van der Waals surface area contributed by atoms with Crippen LogP contribution in [0.15, 0.2) is 77.7 Å². The molecule has 0 bridgehead atoms. The van der Waals surface area contributed by atoms with Gasteiger partial charge in [-0.15, -0.1) is 0 Å². The Labute approximate surface area is 199 Å². The van der Waals surface area contributed by atoms with Crippen molar-refractivity contribution in [3.05, 3.63) is 95.3 Å². The number of nitrogens with zero attached hydrogens (tertiary/aromatic N) is 1. The number of hydrogen-bond acceptors (Lipinski definition) is 4. The highest BCUT2D eigenvalue weighted by Crippen LogP contribution is 2.36. The van der Waals surface area contributed by atoms with Crippen LogP contribution in [0.3, 0.4) is 0 Å². The molecule has 4 rings (SSSR count). The fraction of sp³-hybridized carbons (Fsp3) is 0.269. The summed E-state index contributed by atoms with van der Waals surface area (Å²) in [7, 11) is -3.93. The molecule has 0 saturated carbocycles. The van der Waals surface area contributed by atoms with Crippen LogP contribution in [0.4, 0.5) is 4.39 Å². The highest BCUT2D eigenvalue weighted by atomic mass is 32.2. The molecule has 0 unspecified atom stereocenters. The van der Waals surface area contributed by atoms with Gasteiger partial charge in [-0.3, -0.25) is 4.79 Å². The number of halogens is 1. The molecule has 1 aliphatic heterocycles. The SMILES string of the molecule is CCOc1ccccc1CNC(=O)C[C@H]1c2ccccc2CCN1S(=O)(=O)c1ccc(F)cc1. The molecule has 178 valence electrons. The van der Waals surface area contributed by atoms with Gasteiger partial charge < -0.3 is 10.1 Å². The van der Waals surface area contributed by atoms with Crippen molar-refractivity contribution in [1.29, 1.82) is 0 Å². The van der Waals surface area contributed by atoms with E-state index in [-0.39, 0.29) is 30.3 Å². The lowest BCUT2D eigenvalue weighted by molar-refractivity contribution is -0.122. The van der Waals surface area contributed by atoms with Gasteiger partial charge in [0.1, 0.15) is 11.6 Å². The van der Waals surface area contributed by atoms with Gasteiger partial charge in [0.2, 0.25) is 15.9 Å². The van der Waals surface area contributed by atoms with Gasteiger partial charge in [-0.1, -0.05) is 42.5 Å². The number of hydrogen-bond donors (Lipinski definition) is 1. The molecule has 3 aromatic carbocycles. The van der Waals surface area contributed by atoms with Crippen LogP contribution in [0, 0.1) is 5.82 Å². The topological polar surface area (TPSA) is 75.7 Å². The first-order valence-electron chi connectivity index (χ1n) is 11.2. The van der Waals surface area contributed by atoms with Crippen LogP contribution in [0.25, 0.3) is 0 Å². The maximum Gasteiger partial charge on any atom is 0.243 e. The van der Waals surface area contributed by atoms with E-state index in [4.69, 9.17) is 4.74 Å². The molecule has 1 N–H and O–H groups in total. The number of carbonyl (C=O) groups excluding carboxylic acids is 1. The average molecular weight is 483 g/mol. The van der Waals surface area contributed by atoms with E-state index in [9.17, 15) is 17.6 Å². The smallest absolute Gasteiger partial charge is 0.243 e. The largest absolute Gasteiger partial charge is 0.494 e. The molecule has 1 aliphatic rings. The Bertz CT molecular complexity index is 1260. The van der Waals surface area contributed by atoms with Crippen molar-refractivity contribution in [3.8, 4) is 5.75 Å². The van der Waals surface area contributed by atoms with Crippen LogP contribution in [-0.4, -0.2) is 31.8 Å². The molecule has 6 nitrogen and oxygen atoms in total. The maximum atomic E-state index is 13.5. The van der Waals surface area contributed by atoms with Gasteiger partial charge >= 0.3 is 0 Å².